The van der Waals surface area contributed by atoms with Crippen molar-refractivity contribution in [1.29, 1.82) is 0 Å². The molecule has 1 aliphatic carbocycles. The molecule has 3 rings (SSSR count). The van der Waals surface area contributed by atoms with Crippen LogP contribution >= 0.6 is 0 Å². The monoisotopic (exact) mass is 338 g/mol. The van der Waals surface area contributed by atoms with Crippen molar-refractivity contribution in [1.82, 2.24) is 10.6 Å². The highest BCUT2D eigenvalue weighted by Crippen LogP contribution is 2.24. The SMILES string of the molecule is CC(NC(=O)N/C=C/c1cccc(F)c1)c1ccc2c(c1)CCCC2. The maximum Gasteiger partial charge on any atom is 0.319 e. The van der Waals surface area contributed by atoms with Crippen molar-refractivity contribution in [3.63, 3.8) is 0 Å². The lowest BCUT2D eigenvalue weighted by Crippen LogP contribution is -2.34. The van der Waals surface area contributed by atoms with Gasteiger partial charge in [0.15, 0.2) is 0 Å². The summed E-state index contributed by atoms with van der Waals surface area (Å²) in [5, 5.41) is 5.59. The molecule has 0 heterocycles. The lowest BCUT2D eigenvalue weighted by atomic mass is 9.89. The first kappa shape index (κ1) is 17.2. The number of rotatable bonds is 4. The zero-order chi connectivity index (χ0) is 17.6. The van der Waals surface area contributed by atoms with Gasteiger partial charge in [0.1, 0.15) is 5.82 Å². The largest absolute Gasteiger partial charge is 0.331 e. The van der Waals surface area contributed by atoms with Crippen LogP contribution in [0.4, 0.5) is 9.18 Å². The molecule has 0 fully saturated rings. The molecule has 25 heavy (non-hydrogen) atoms. The standard InChI is InChI=1S/C21H23FN2O/c1-15(18-10-9-17-6-2-3-7-19(17)14-18)24-21(25)23-12-11-16-5-4-8-20(22)13-16/h4-5,8-15H,2-3,6-7H2,1H3,(H2,23,24,25)/b12-11+. The first-order valence-electron chi connectivity index (χ1n) is 8.72. The Morgan fingerprint density at radius 2 is 1.92 bits per heavy atom. The number of halogens is 1. The number of carbonyl (C=O) groups excluding carboxylic acids is 1. The number of carbonyl (C=O) groups is 1. The Morgan fingerprint density at radius 1 is 1.12 bits per heavy atom. The van der Waals surface area contributed by atoms with Gasteiger partial charge < -0.3 is 10.6 Å². The molecule has 2 aromatic rings. The second kappa shape index (κ2) is 7.97. The van der Waals surface area contributed by atoms with Crippen LogP contribution in [-0.2, 0) is 12.8 Å². The van der Waals surface area contributed by atoms with Crippen LogP contribution in [0.25, 0.3) is 6.08 Å². The molecule has 1 atom stereocenters. The quantitative estimate of drug-likeness (QED) is 0.831. The third-order valence-electron chi connectivity index (χ3n) is 4.56. The van der Waals surface area contributed by atoms with Gasteiger partial charge in [0.2, 0.25) is 0 Å². The second-order valence-electron chi connectivity index (χ2n) is 6.46. The maximum atomic E-state index is 13.1. The van der Waals surface area contributed by atoms with Crippen molar-refractivity contribution >= 4 is 12.1 Å². The molecule has 1 unspecified atom stereocenters. The van der Waals surface area contributed by atoms with Gasteiger partial charge in [-0.1, -0.05) is 30.3 Å². The average Bonchev–Trinajstić information content (AvgIpc) is 2.61. The fourth-order valence-electron chi connectivity index (χ4n) is 3.17. The van der Waals surface area contributed by atoms with Crippen LogP contribution in [0.3, 0.4) is 0 Å². The summed E-state index contributed by atoms with van der Waals surface area (Å²) in [6.45, 7) is 1.97. The van der Waals surface area contributed by atoms with Crippen LogP contribution in [0.5, 0.6) is 0 Å². The molecule has 0 bridgehead atoms. The smallest absolute Gasteiger partial charge is 0.319 e. The minimum absolute atomic E-state index is 0.0743. The van der Waals surface area contributed by atoms with E-state index in [0.29, 0.717) is 5.56 Å². The minimum Gasteiger partial charge on any atom is -0.331 e. The molecule has 0 aromatic heterocycles. The first-order valence-corrected chi connectivity index (χ1v) is 8.72. The summed E-state index contributed by atoms with van der Waals surface area (Å²) in [6.07, 6.45) is 7.96. The van der Waals surface area contributed by atoms with E-state index >= 15 is 0 Å². The summed E-state index contributed by atoms with van der Waals surface area (Å²) >= 11 is 0. The van der Waals surface area contributed by atoms with Crippen molar-refractivity contribution in [2.24, 2.45) is 0 Å². The van der Waals surface area contributed by atoms with E-state index in [2.05, 4.69) is 28.8 Å². The molecule has 1 aliphatic rings. The van der Waals surface area contributed by atoms with E-state index in [1.165, 1.54) is 42.3 Å². The van der Waals surface area contributed by atoms with Gasteiger partial charge in [-0.3, -0.25) is 0 Å². The Balaban J connectivity index is 1.55. The number of fused-ring (bicyclic) bond motifs is 1. The summed E-state index contributed by atoms with van der Waals surface area (Å²) in [5.41, 5.74) is 4.65. The van der Waals surface area contributed by atoms with Gasteiger partial charge in [-0.15, -0.1) is 0 Å². The normalized spacial score (nSPS) is 14.8. The van der Waals surface area contributed by atoms with Gasteiger partial charge in [-0.25, -0.2) is 9.18 Å². The van der Waals surface area contributed by atoms with Gasteiger partial charge in [0.05, 0.1) is 6.04 Å². The third kappa shape index (κ3) is 4.69. The van der Waals surface area contributed by atoms with Crippen molar-refractivity contribution in [3.05, 3.63) is 76.7 Å². The van der Waals surface area contributed by atoms with Crippen LogP contribution in [0, 0.1) is 5.82 Å². The molecule has 0 saturated heterocycles. The van der Waals surface area contributed by atoms with Crippen molar-refractivity contribution in [2.75, 3.05) is 0 Å². The number of benzene rings is 2. The highest BCUT2D eigenvalue weighted by atomic mass is 19.1. The van der Waals surface area contributed by atoms with E-state index in [4.69, 9.17) is 0 Å². The highest BCUT2D eigenvalue weighted by Gasteiger charge is 2.13. The Labute approximate surface area is 148 Å². The van der Waals surface area contributed by atoms with Crippen LogP contribution < -0.4 is 10.6 Å². The molecule has 0 saturated carbocycles. The Bertz CT molecular complexity index is 785. The molecule has 4 heteroatoms. The number of hydrogen-bond donors (Lipinski definition) is 2. The molecule has 0 spiro atoms. The lowest BCUT2D eigenvalue weighted by molar-refractivity contribution is 0.241. The van der Waals surface area contributed by atoms with E-state index in [0.717, 1.165) is 18.4 Å². The summed E-state index contributed by atoms with van der Waals surface area (Å²) in [5.74, 6) is -0.298. The molecule has 2 amide bonds. The van der Waals surface area contributed by atoms with Gasteiger partial charge in [-0.05, 0) is 73.1 Å². The fourth-order valence-corrected chi connectivity index (χ4v) is 3.17. The predicted molar refractivity (Wildman–Crippen MR) is 98.6 cm³/mol. The summed E-state index contributed by atoms with van der Waals surface area (Å²) in [7, 11) is 0. The zero-order valence-electron chi connectivity index (χ0n) is 14.4. The third-order valence-corrected chi connectivity index (χ3v) is 4.56. The van der Waals surface area contributed by atoms with E-state index in [9.17, 15) is 9.18 Å². The first-order chi connectivity index (χ1) is 12.1. The zero-order valence-corrected chi connectivity index (χ0v) is 14.4. The van der Waals surface area contributed by atoms with Crippen molar-refractivity contribution < 1.29 is 9.18 Å². The van der Waals surface area contributed by atoms with Gasteiger partial charge >= 0.3 is 6.03 Å². The van der Waals surface area contributed by atoms with E-state index < -0.39 is 0 Å². The number of amides is 2. The van der Waals surface area contributed by atoms with E-state index in [1.807, 2.05) is 6.92 Å². The molecular weight excluding hydrogens is 315 g/mol. The minimum atomic E-state index is -0.298. The molecule has 2 N–H and O–H groups in total. The molecule has 0 radical (unpaired) electrons. The van der Waals surface area contributed by atoms with E-state index in [-0.39, 0.29) is 17.9 Å². The number of hydrogen-bond acceptors (Lipinski definition) is 1. The fraction of sp³-hybridized carbons (Fsp3) is 0.286. The molecule has 2 aromatic carbocycles. The molecule has 130 valence electrons. The van der Waals surface area contributed by atoms with Gasteiger partial charge in [0, 0.05) is 6.20 Å². The second-order valence-corrected chi connectivity index (χ2v) is 6.46. The highest BCUT2D eigenvalue weighted by molar-refractivity contribution is 5.76. The number of nitrogens with one attached hydrogen (secondary N) is 2. The van der Waals surface area contributed by atoms with Crippen LogP contribution in [0.1, 0.15) is 48.1 Å². The van der Waals surface area contributed by atoms with Crippen LogP contribution in [0.2, 0.25) is 0 Å². The Hall–Kier alpha value is -2.62. The molecular formula is C21H23FN2O. The lowest BCUT2D eigenvalue weighted by Gasteiger charge is -2.20. The topological polar surface area (TPSA) is 41.1 Å². The Morgan fingerprint density at radius 3 is 2.72 bits per heavy atom. The average molecular weight is 338 g/mol. The van der Waals surface area contributed by atoms with E-state index in [1.54, 1.807) is 18.2 Å². The van der Waals surface area contributed by atoms with Crippen molar-refractivity contribution in [3.8, 4) is 0 Å². The van der Waals surface area contributed by atoms with Gasteiger partial charge in [0.25, 0.3) is 0 Å². The summed E-state index contributed by atoms with van der Waals surface area (Å²) < 4.78 is 13.1. The summed E-state index contributed by atoms with van der Waals surface area (Å²) in [6, 6.07) is 12.3. The predicted octanol–water partition coefficient (Wildman–Crippen LogP) is 4.74. The maximum absolute atomic E-state index is 13.1. The number of aryl methyl sites for hydroxylation is 2. The molecule has 3 nitrogen and oxygen atoms in total. The van der Waals surface area contributed by atoms with Crippen LogP contribution in [-0.4, -0.2) is 6.03 Å². The van der Waals surface area contributed by atoms with Crippen molar-refractivity contribution in [2.45, 2.75) is 38.6 Å². The summed E-state index contributed by atoms with van der Waals surface area (Å²) in [4.78, 5) is 12.0. The molecule has 0 aliphatic heterocycles. The van der Waals surface area contributed by atoms with Gasteiger partial charge in [-0.2, -0.15) is 0 Å². The number of urea groups is 1. The van der Waals surface area contributed by atoms with Crippen LogP contribution in [0.15, 0.2) is 48.7 Å². The Kier molecular flexibility index (Phi) is 5.49.